The molecule has 0 aromatic heterocycles. The van der Waals surface area contributed by atoms with Crippen LogP contribution in [-0.4, -0.2) is 23.7 Å². The van der Waals surface area contributed by atoms with Gasteiger partial charge < -0.3 is 15.7 Å². The lowest BCUT2D eigenvalue weighted by atomic mass is 10.2. The first-order valence-electron chi connectivity index (χ1n) is 5.41. The van der Waals surface area contributed by atoms with Gasteiger partial charge in [-0.15, -0.1) is 0 Å². The van der Waals surface area contributed by atoms with Crippen molar-refractivity contribution in [3.8, 4) is 6.07 Å². The summed E-state index contributed by atoms with van der Waals surface area (Å²) in [6, 6.07) is 6.26. The van der Waals surface area contributed by atoms with Crippen LogP contribution in [-0.2, 0) is 4.79 Å². The first-order valence-corrected chi connectivity index (χ1v) is 6.20. The molecule has 0 heterocycles. The maximum Gasteiger partial charge on any atom is 0.319 e. The summed E-state index contributed by atoms with van der Waals surface area (Å²) in [5.74, 6) is -1.66. The minimum absolute atomic E-state index is 0.0135. The SMILES string of the molecule is CC(CNC(=O)Nc1ccc(Br)cc1C#N)C(=O)O. The van der Waals surface area contributed by atoms with Crippen molar-refractivity contribution in [3.63, 3.8) is 0 Å². The number of anilines is 1. The number of nitriles is 1. The molecule has 19 heavy (non-hydrogen) atoms. The Kier molecular flexibility index (Phi) is 5.33. The van der Waals surface area contributed by atoms with Gasteiger partial charge in [0.2, 0.25) is 0 Å². The molecule has 1 rings (SSSR count). The Morgan fingerprint density at radius 1 is 1.53 bits per heavy atom. The molecule has 0 fully saturated rings. The van der Waals surface area contributed by atoms with Crippen molar-refractivity contribution in [3.05, 3.63) is 28.2 Å². The standard InChI is InChI=1S/C12H12BrN3O3/c1-7(11(17)18)6-15-12(19)16-10-3-2-9(13)4-8(10)5-14/h2-4,7H,6H2,1H3,(H,17,18)(H2,15,16,19). The average Bonchev–Trinajstić information content (AvgIpc) is 2.37. The van der Waals surface area contributed by atoms with Crippen LogP contribution < -0.4 is 10.6 Å². The number of rotatable bonds is 4. The minimum Gasteiger partial charge on any atom is -0.481 e. The van der Waals surface area contributed by atoms with Gasteiger partial charge in [-0.2, -0.15) is 5.26 Å². The van der Waals surface area contributed by atoms with Crippen molar-refractivity contribution in [1.82, 2.24) is 5.32 Å². The van der Waals surface area contributed by atoms with E-state index in [4.69, 9.17) is 10.4 Å². The van der Waals surface area contributed by atoms with Crippen LogP contribution in [0.3, 0.4) is 0 Å². The van der Waals surface area contributed by atoms with Gasteiger partial charge in [-0.25, -0.2) is 4.79 Å². The molecule has 0 radical (unpaired) electrons. The van der Waals surface area contributed by atoms with E-state index in [1.54, 1.807) is 18.2 Å². The van der Waals surface area contributed by atoms with Crippen LogP contribution in [0.15, 0.2) is 22.7 Å². The first kappa shape index (κ1) is 15.0. The van der Waals surface area contributed by atoms with Crippen molar-refractivity contribution in [2.24, 2.45) is 5.92 Å². The number of nitrogens with one attached hydrogen (secondary N) is 2. The molecule has 6 nitrogen and oxygen atoms in total. The van der Waals surface area contributed by atoms with Crippen LogP contribution in [0.5, 0.6) is 0 Å². The van der Waals surface area contributed by atoms with Crippen LogP contribution >= 0.6 is 15.9 Å². The van der Waals surface area contributed by atoms with Crippen molar-refractivity contribution in [1.29, 1.82) is 5.26 Å². The maximum atomic E-state index is 11.6. The van der Waals surface area contributed by atoms with E-state index in [0.717, 1.165) is 4.47 Å². The number of amides is 2. The summed E-state index contributed by atoms with van der Waals surface area (Å²) in [6.45, 7) is 1.50. The zero-order valence-corrected chi connectivity index (χ0v) is 11.7. The van der Waals surface area contributed by atoms with E-state index >= 15 is 0 Å². The highest BCUT2D eigenvalue weighted by atomic mass is 79.9. The number of carboxylic acid groups (broad SMARTS) is 1. The van der Waals surface area contributed by atoms with E-state index in [-0.39, 0.29) is 6.54 Å². The quantitative estimate of drug-likeness (QED) is 0.789. The summed E-state index contributed by atoms with van der Waals surface area (Å²) in [4.78, 5) is 22.1. The summed E-state index contributed by atoms with van der Waals surface area (Å²) >= 11 is 3.22. The van der Waals surface area contributed by atoms with Crippen molar-refractivity contribution < 1.29 is 14.7 Å². The predicted molar refractivity (Wildman–Crippen MR) is 72.7 cm³/mol. The van der Waals surface area contributed by atoms with Gasteiger partial charge in [-0.1, -0.05) is 22.9 Å². The number of hydrogen-bond donors (Lipinski definition) is 3. The van der Waals surface area contributed by atoms with Gasteiger partial charge in [0.15, 0.2) is 0 Å². The topological polar surface area (TPSA) is 102 Å². The number of carbonyl (C=O) groups excluding carboxylic acids is 1. The number of aliphatic carboxylic acids is 1. The third-order valence-corrected chi connectivity index (χ3v) is 2.83. The summed E-state index contributed by atoms with van der Waals surface area (Å²) in [5.41, 5.74) is 0.682. The average molecular weight is 326 g/mol. The van der Waals surface area contributed by atoms with Crippen LogP contribution in [0.25, 0.3) is 0 Å². The number of benzene rings is 1. The Morgan fingerprint density at radius 3 is 2.79 bits per heavy atom. The predicted octanol–water partition coefficient (Wildman–Crippen LogP) is 2.16. The van der Waals surface area contributed by atoms with Crippen molar-refractivity contribution in [2.45, 2.75) is 6.92 Å². The molecule has 1 atom stereocenters. The Morgan fingerprint density at radius 2 is 2.21 bits per heavy atom. The minimum atomic E-state index is -0.985. The lowest BCUT2D eigenvalue weighted by molar-refractivity contribution is -0.140. The lowest BCUT2D eigenvalue weighted by Crippen LogP contribution is -2.34. The van der Waals surface area contributed by atoms with E-state index in [2.05, 4.69) is 26.6 Å². The second-order valence-electron chi connectivity index (χ2n) is 3.88. The number of urea groups is 1. The number of carboxylic acids is 1. The fourth-order valence-corrected chi connectivity index (χ4v) is 1.58. The Labute approximate surface area is 118 Å². The van der Waals surface area contributed by atoms with E-state index in [1.165, 1.54) is 6.92 Å². The number of hydrogen-bond acceptors (Lipinski definition) is 3. The molecule has 3 N–H and O–H groups in total. The van der Waals surface area contributed by atoms with Crippen molar-refractivity contribution >= 4 is 33.6 Å². The largest absolute Gasteiger partial charge is 0.481 e. The molecule has 0 bridgehead atoms. The van der Waals surface area contributed by atoms with Crippen LogP contribution in [0.1, 0.15) is 12.5 Å². The fourth-order valence-electron chi connectivity index (χ4n) is 1.22. The molecular weight excluding hydrogens is 314 g/mol. The maximum absolute atomic E-state index is 11.6. The van der Waals surface area contributed by atoms with Gasteiger partial charge >= 0.3 is 12.0 Å². The van der Waals surface area contributed by atoms with Gasteiger partial charge in [-0.05, 0) is 18.2 Å². The van der Waals surface area contributed by atoms with E-state index < -0.39 is 17.9 Å². The lowest BCUT2D eigenvalue weighted by Gasteiger charge is -2.10. The Balaban J connectivity index is 2.63. The summed E-state index contributed by atoms with van der Waals surface area (Å²) in [6.07, 6.45) is 0. The zero-order chi connectivity index (χ0) is 14.4. The Hall–Kier alpha value is -2.07. The van der Waals surface area contributed by atoms with E-state index in [0.29, 0.717) is 11.3 Å². The smallest absolute Gasteiger partial charge is 0.319 e. The summed E-state index contributed by atoms with van der Waals surface area (Å²) < 4.78 is 0.731. The molecule has 1 aromatic carbocycles. The van der Waals surface area contributed by atoms with Crippen LogP contribution in [0, 0.1) is 17.2 Å². The van der Waals surface area contributed by atoms with E-state index in [1.807, 2.05) is 6.07 Å². The zero-order valence-electron chi connectivity index (χ0n) is 10.1. The molecule has 2 amide bonds. The van der Waals surface area contributed by atoms with Gasteiger partial charge in [0.1, 0.15) is 6.07 Å². The Bertz CT molecular complexity index is 540. The number of halogens is 1. The van der Waals surface area contributed by atoms with E-state index in [9.17, 15) is 9.59 Å². The third-order valence-electron chi connectivity index (χ3n) is 2.34. The van der Waals surface area contributed by atoms with Crippen LogP contribution in [0.4, 0.5) is 10.5 Å². The molecule has 0 aliphatic carbocycles. The van der Waals surface area contributed by atoms with Gasteiger partial charge in [-0.3, -0.25) is 4.79 Å². The normalized spacial score (nSPS) is 11.2. The van der Waals surface area contributed by atoms with Gasteiger partial charge in [0.05, 0.1) is 17.2 Å². The van der Waals surface area contributed by atoms with Crippen molar-refractivity contribution in [2.75, 3.05) is 11.9 Å². The molecule has 1 aromatic rings. The van der Waals surface area contributed by atoms with Crippen LogP contribution in [0.2, 0.25) is 0 Å². The number of nitrogens with zero attached hydrogens (tertiary/aromatic N) is 1. The molecule has 1 unspecified atom stereocenters. The third kappa shape index (κ3) is 4.60. The molecular formula is C12H12BrN3O3. The highest BCUT2D eigenvalue weighted by molar-refractivity contribution is 9.10. The first-order chi connectivity index (χ1) is 8.93. The second-order valence-corrected chi connectivity index (χ2v) is 4.79. The summed E-state index contributed by atoms with van der Waals surface area (Å²) in [7, 11) is 0. The molecule has 7 heteroatoms. The highest BCUT2D eigenvalue weighted by Gasteiger charge is 2.13. The van der Waals surface area contributed by atoms with Gasteiger partial charge in [0.25, 0.3) is 0 Å². The molecule has 0 spiro atoms. The molecule has 100 valence electrons. The van der Waals surface area contributed by atoms with Gasteiger partial charge in [0, 0.05) is 11.0 Å². The molecule has 0 saturated carbocycles. The fraction of sp³-hybridized carbons (Fsp3) is 0.250. The second kappa shape index (κ2) is 6.75. The monoisotopic (exact) mass is 325 g/mol. The molecule has 0 saturated heterocycles. The molecule has 0 aliphatic heterocycles. The summed E-state index contributed by atoms with van der Waals surface area (Å²) in [5, 5.41) is 22.5. The molecule has 0 aliphatic rings. The highest BCUT2D eigenvalue weighted by Crippen LogP contribution is 2.20. The number of carbonyl (C=O) groups is 2.